The van der Waals surface area contributed by atoms with E-state index in [0.29, 0.717) is 48.9 Å². The SMILES string of the molecule is Cc1nc(C)c(C(=O)NCc2ccc(Cl)c(Nc3nc4cc(C(=O)NC5CCCCC5)c(N5CC6CC6C5)cc4n3C)c2Cl)s1. The number of rotatable bonds is 8. The van der Waals surface area contributed by atoms with Crippen LogP contribution in [0.5, 0.6) is 0 Å². The number of carbonyl (C=O) groups is 2. The van der Waals surface area contributed by atoms with Gasteiger partial charge in [0.25, 0.3) is 11.8 Å². The number of nitrogens with zero attached hydrogens (tertiary/aromatic N) is 4. The minimum atomic E-state index is -0.191. The topological polar surface area (TPSA) is 104 Å². The van der Waals surface area contributed by atoms with Crippen molar-refractivity contribution < 1.29 is 9.59 Å². The summed E-state index contributed by atoms with van der Waals surface area (Å²) in [5, 5.41) is 11.3. The molecule has 45 heavy (non-hydrogen) atoms. The first-order valence-electron chi connectivity index (χ1n) is 15.7. The molecule has 0 spiro atoms. The van der Waals surface area contributed by atoms with Crippen molar-refractivity contribution in [2.75, 3.05) is 23.3 Å². The minimum absolute atomic E-state index is 0.0240. The molecule has 3 N–H and O–H groups in total. The lowest BCUT2D eigenvalue weighted by Crippen LogP contribution is -2.37. The molecule has 2 aromatic heterocycles. The van der Waals surface area contributed by atoms with Crippen LogP contribution in [0.25, 0.3) is 11.0 Å². The van der Waals surface area contributed by atoms with E-state index in [0.717, 1.165) is 66.8 Å². The minimum Gasteiger partial charge on any atom is -0.370 e. The standard InChI is InChI=1S/C33H37Cl2N7O2S/c1-17-30(45-18(2)37-17)32(44)36-14-19-9-10-24(34)29(28(19)35)40-33-39-25-12-23(31(43)38-22-7-5-4-6-8-22)26(13-27(25)41(33)3)42-15-20-11-21(20)16-42/h9-10,12-13,20-22H,4-8,11,14-16H2,1-3H3,(H,36,44)(H,38,43)(H,39,40). The van der Waals surface area contributed by atoms with Gasteiger partial charge in [-0.3, -0.25) is 9.59 Å². The molecule has 1 aliphatic heterocycles. The van der Waals surface area contributed by atoms with Gasteiger partial charge in [-0.25, -0.2) is 9.97 Å². The number of thiazole rings is 1. The second-order valence-electron chi connectivity index (χ2n) is 12.7. The van der Waals surface area contributed by atoms with Gasteiger partial charge in [-0.1, -0.05) is 48.5 Å². The van der Waals surface area contributed by atoms with E-state index in [9.17, 15) is 9.59 Å². The molecule has 0 bridgehead atoms. The van der Waals surface area contributed by atoms with Crippen molar-refractivity contribution in [1.82, 2.24) is 25.2 Å². The number of imidazole rings is 1. The number of anilines is 3. The second-order valence-corrected chi connectivity index (χ2v) is 14.7. The number of amides is 2. The van der Waals surface area contributed by atoms with Gasteiger partial charge in [-0.05, 0) is 68.7 Å². The maximum atomic E-state index is 13.7. The second kappa shape index (κ2) is 12.1. The number of aromatic nitrogens is 3. The van der Waals surface area contributed by atoms with Gasteiger partial charge in [0.2, 0.25) is 5.95 Å². The Morgan fingerprint density at radius 1 is 1.02 bits per heavy atom. The Kier molecular flexibility index (Phi) is 8.16. The zero-order valence-electron chi connectivity index (χ0n) is 25.7. The summed E-state index contributed by atoms with van der Waals surface area (Å²) in [5.41, 5.74) is 5.20. The summed E-state index contributed by atoms with van der Waals surface area (Å²) in [7, 11) is 1.94. The molecule has 3 aliphatic rings. The van der Waals surface area contributed by atoms with E-state index in [1.807, 2.05) is 31.5 Å². The number of halogens is 2. The fourth-order valence-corrected chi connectivity index (χ4v) is 8.21. The first-order valence-corrected chi connectivity index (χ1v) is 17.3. The summed E-state index contributed by atoms with van der Waals surface area (Å²) in [6.07, 6.45) is 6.91. The fourth-order valence-electron chi connectivity index (χ4n) is 6.84. The molecule has 4 aromatic rings. The van der Waals surface area contributed by atoms with Crippen LogP contribution >= 0.6 is 34.5 Å². The highest BCUT2D eigenvalue weighted by Gasteiger charge is 2.45. The molecular weight excluding hydrogens is 629 g/mol. The zero-order valence-corrected chi connectivity index (χ0v) is 28.0. The van der Waals surface area contributed by atoms with Gasteiger partial charge in [0.15, 0.2) is 0 Å². The van der Waals surface area contributed by atoms with Crippen molar-refractivity contribution >= 4 is 74.7 Å². The van der Waals surface area contributed by atoms with Gasteiger partial charge in [-0.2, -0.15) is 0 Å². The molecule has 12 heteroatoms. The van der Waals surface area contributed by atoms with Gasteiger partial charge < -0.3 is 25.4 Å². The highest BCUT2D eigenvalue weighted by atomic mass is 35.5. The molecule has 3 fully saturated rings. The molecule has 7 rings (SSSR count). The van der Waals surface area contributed by atoms with Crippen molar-refractivity contribution in [1.29, 1.82) is 0 Å². The van der Waals surface area contributed by atoms with Crippen LogP contribution in [-0.4, -0.2) is 45.5 Å². The predicted molar refractivity (Wildman–Crippen MR) is 181 cm³/mol. The van der Waals surface area contributed by atoms with Crippen LogP contribution in [0.15, 0.2) is 24.3 Å². The third-order valence-electron chi connectivity index (χ3n) is 9.46. The number of benzene rings is 2. The molecule has 2 unspecified atom stereocenters. The third kappa shape index (κ3) is 6.00. The fraction of sp³-hybridized carbons (Fsp3) is 0.455. The average molecular weight is 667 g/mol. The Labute approximate surface area is 276 Å². The Balaban J connectivity index is 1.17. The summed E-state index contributed by atoms with van der Waals surface area (Å²) in [5.74, 6) is 1.80. The molecule has 2 saturated carbocycles. The highest BCUT2D eigenvalue weighted by Crippen LogP contribution is 2.47. The highest BCUT2D eigenvalue weighted by molar-refractivity contribution is 7.13. The van der Waals surface area contributed by atoms with E-state index in [1.165, 1.54) is 24.2 Å². The number of carbonyl (C=O) groups excluding carboxylic acids is 2. The first-order chi connectivity index (χ1) is 21.7. The van der Waals surface area contributed by atoms with E-state index in [2.05, 4.69) is 31.9 Å². The predicted octanol–water partition coefficient (Wildman–Crippen LogP) is 7.15. The van der Waals surface area contributed by atoms with Crippen LogP contribution in [0, 0.1) is 25.7 Å². The van der Waals surface area contributed by atoms with Crippen molar-refractivity contribution in [3.8, 4) is 0 Å². The normalized spacial score (nSPS) is 19.5. The van der Waals surface area contributed by atoms with Crippen LogP contribution < -0.4 is 20.9 Å². The number of hydrogen-bond donors (Lipinski definition) is 3. The molecule has 0 radical (unpaired) electrons. The maximum Gasteiger partial charge on any atom is 0.263 e. The molecule has 2 amide bonds. The lowest BCUT2D eigenvalue weighted by atomic mass is 9.95. The molecule has 2 atom stereocenters. The maximum absolute atomic E-state index is 13.7. The summed E-state index contributed by atoms with van der Waals surface area (Å²) >= 11 is 14.9. The van der Waals surface area contributed by atoms with Gasteiger partial charge in [-0.15, -0.1) is 11.3 Å². The van der Waals surface area contributed by atoms with E-state index in [-0.39, 0.29) is 24.4 Å². The molecule has 9 nitrogen and oxygen atoms in total. The average Bonchev–Trinajstić information content (AvgIpc) is 3.30. The lowest BCUT2D eigenvalue weighted by molar-refractivity contribution is 0.0926. The van der Waals surface area contributed by atoms with Crippen molar-refractivity contribution in [2.24, 2.45) is 18.9 Å². The lowest BCUT2D eigenvalue weighted by Gasteiger charge is -2.26. The van der Waals surface area contributed by atoms with Gasteiger partial charge >= 0.3 is 0 Å². The molecule has 236 valence electrons. The van der Waals surface area contributed by atoms with E-state index in [1.54, 1.807) is 12.1 Å². The molecule has 1 saturated heterocycles. The molecule has 2 aliphatic carbocycles. The van der Waals surface area contributed by atoms with Crippen LogP contribution in [0.4, 0.5) is 17.3 Å². The number of fused-ring (bicyclic) bond motifs is 2. The Morgan fingerprint density at radius 2 is 1.78 bits per heavy atom. The van der Waals surface area contributed by atoms with Crippen molar-refractivity contribution in [3.05, 3.63) is 61.0 Å². The van der Waals surface area contributed by atoms with Crippen LogP contribution in [0.3, 0.4) is 0 Å². The first kappa shape index (κ1) is 30.3. The van der Waals surface area contributed by atoms with Crippen LogP contribution in [0.1, 0.15) is 74.8 Å². The van der Waals surface area contributed by atoms with E-state index >= 15 is 0 Å². The Morgan fingerprint density at radius 3 is 2.49 bits per heavy atom. The number of nitrogens with one attached hydrogen (secondary N) is 3. The summed E-state index contributed by atoms with van der Waals surface area (Å²) in [6, 6.07) is 7.81. The van der Waals surface area contributed by atoms with Crippen molar-refractivity contribution in [2.45, 2.75) is 65.0 Å². The Bertz CT molecular complexity index is 1800. The third-order valence-corrected chi connectivity index (χ3v) is 11.3. The molecule has 3 heterocycles. The van der Waals surface area contributed by atoms with Gasteiger partial charge in [0.05, 0.1) is 48.7 Å². The monoisotopic (exact) mass is 665 g/mol. The van der Waals surface area contributed by atoms with Gasteiger partial charge in [0, 0.05) is 32.7 Å². The largest absolute Gasteiger partial charge is 0.370 e. The number of aryl methyl sites for hydroxylation is 3. The zero-order chi connectivity index (χ0) is 31.4. The van der Waals surface area contributed by atoms with E-state index in [4.69, 9.17) is 28.2 Å². The molecule has 2 aromatic carbocycles. The number of piperidine rings is 1. The summed E-state index contributed by atoms with van der Waals surface area (Å²) in [4.78, 5) is 38.7. The van der Waals surface area contributed by atoms with Crippen LogP contribution in [-0.2, 0) is 13.6 Å². The van der Waals surface area contributed by atoms with E-state index < -0.39 is 0 Å². The number of hydrogen-bond acceptors (Lipinski definition) is 7. The van der Waals surface area contributed by atoms with Crippen LogP contribution in [0.2, 0.25) is 10.0 Å². The van der Waals surface area contributed by atoms with Crippen molar-refractivity contribution in [3.63, 3.8) is 0 Å². The Hall–Kier alpha value is -3.34. The quantitative estimate of drug-likeness (QED) is 0.185. The molecular formula is C33H37Cl2N7O2S. The van der Waals surface area contributed by atoms with Gasteiger partial charge in [0.1, 0.15) is 4.88 Å². The smallest absolute Gasteiger partial charge is 0.263 e. The summed E-state index contributed by atoms with van der Waals surface area (Å²) in [6.45, 7) is 5.91. The summed E-state index contributed by atoms with van der Waals surface area (Å²) < 4.78 is 1.97.